The Kier molecular flexibility index (Phi) is 3.11. The monoisotopic (exact) mass is 282 g/mol. The van der Waals surface area contributed by atoms with Gasteiger partial charge in [0, 0.05) is 5.56 Å². The van der Waals surface area contributed by atoms with Gasteiger partial charge in [-0.05, 0) is 18.1 Å². The number of rotatable bonds is 2. The van der Waals surface area contributed by atoms with Crippen molar-refractivity contribution in [2.75, 3.05) is 0 Å². The second-order valence-corrected chi connectivity index (χ2v) is 5.16. The Labute approximate surface area is 122 Å². The van der Waals surface area contributed by atoms with Gasteiger partial charge in [0.2, 0.25) is 11.9 Å². The summed E-state index contributed by atoms with van der Waals surface area (Å²) in [5, 5.41) is 9.47. The molecule has 0 saturated carbocycles. The Hall–Kier alpha value is -2.46. The first-order chi connectivity index (χ1) is 10.0. The molecule has 1 saturated heterocycles. The van der Waals surface area contributed by atoms with Crippen molar-refractivity contribution in [2.45, 2.75) is 18.6 Å². The SMILES string of the molecule is C[C@]1(c2ccc(-c3ccccc3)cc2)OC(=O)C(O)C1=O. The van der Waals surface area contributed by atoms with Crippen LogP contribution in [0.15, 0.2) is 54.6 Å². The molecule has 1 unspecified atom stereocenters. The van der Waals surface area contributed by atoms with E-state index in [1.54, 1.807) is 12.1 Å². The number of Topliss-reactive ketones (excluding diaryl/α,β-unsaturated/α-hetero) is 1. The van der Waals surface area contributed by atoms with Gasteiger partial charge in [0.15, 0.2) is 5.60 Å². The summed E-state index contributed by atoms with van der Waals surface area (Å²) in [4.78, 5) is 23.4. The number of carbonyl (C=O) groups excluding carboxylic acids is 2. The predicted molar refractivity (Wildman–Crippen MR) is 76.3 cm³/mol. The van der Waals surface area contributed by atoms with E-state index in [1.165, 1.54) is 6.92 Å². The molecular weight excluding hydrogens is 268 g/mol. The van der Waals surface area contributed by atoms with E-state index in [4.69, 9.17) is 4.74 Å². The van der Waals surface area contributed by atoms with Gasteiger partial charge in [-0.25, -0.2) is 4.79 Å². The molecule has 2 aromatic rings. The van der Waals surface area contributed by atoms with Crippen molar-refractivity contribution in [1.29, 1.82) is 0 Å². The van der Waals surface area contributed by atoms with Crippen LogP contribution >= 0.6 is 0 Å². The van der Waals surface area contributed by atoms with Gasteiger partial charge in [0.05, 0.1) is 0 Å². The molecule has 2 atom stereocenters. The highest BCUT2D eigenvalue weighted by molar-refractivity contribution is 6.11. The van der Waals surface area contributed by atoms with Gasteiger partial charge >= 0.3 is 5.97 Å². The lowest BCUT2D eigenvalue weighted by Gasteiger charge is -2.21. The van der Waals surface area contributed by atoms with Crippen LogP contribution in [-0.4, -0.2) is 23.0 Å². The molecule has 0 aliphatic carbocycles. The highest BCUT2D eigenvalue weighted by atomic mass is 16.6. The second-order valence-electron chi connectivity index (χ2n) is 5.16. The molecule has 106 valence electrons. The van der Waals surface area contributed by atoms with E-state index in [0.717, 1.165) is 11.1 Å². The van der Waals surface area contributed by atoms with E-state index in [-0.39, 0.29) is 0 Å². The number of benzene rings is 2. The highest BCUT2D eigenvalue weighted by Crippen LogP contribution is 2.34. The summed E-state index contributed by atoms with van der Waals surface area (Å²) in [5.74, 6) is -1.52. The average molecular weight is 282 g/mol. The van der Waals surface area contributed by atoms with Gasteiger partial charge in [-0.3, -0.25) is 4.79 Å². The highest BCUT2D eigenvalue weighted by Gasteiger charge is 2.52. The van der Waals surface area contributed by atoms with Crippen LogP contribution in [-0.2, 0) is 19.9 Å². The summed E-state index contributed by atoms with van der Waals surface area (Å²) in [5.41, 5.74) is 1.20. The van der Waals surface area contributed by atoms with Crippen LogP contribution in [0.4, 0.5) is 0 Å². The zero-order valence-corrected chi connectivity index (χ0v) is 11.4. The van der Waals surface area contributed by atoms with E-state index in [0.29, 0.717) is 5.56 Å². The minimum absolute atomic E-state index is 0.553. The van der Waals surface area contributed by atoms with Gasteiger partial charge in [-0.15, -0.1) is 0 Å². The molecule has 0 bridgehead atoms. The quantitative estimate of drug-likeness (QED) is 0.676. The number of ether oxygens (including phenoxy) is 1. The van der Waals surface area contributed by atoms with Gasteiger partial charge in [-0.2, -0.15) is 0 Å². The molecule has 1 N–H and O–H groups in total. The summed E-state index contributed by atoms with van der Waals surface area (Å²) in [7, 11) is 0. The molecule has 1 aliphatic rings. The maximum absolute atomic E-state index is 12.0. The third-order valence-electron chi connectivity index (χ3n) is 3.79. The number of aliphatic hydroxyl groups excluding tert-OH is 1. The van der Waals surface area contributed by atoms with Gasteiger partial charge in [0.25, 0.3) is 0 Å². The third-order valence-corrected chi connectivity index (χ3v) is 3.79. The van der Waals surface area contributed by atoms with Gasteiger partial charge in [-0.1, -0.05) is 54.6 Å². The molecule has 21 heavy (non-hydrogen) atoms. The Bertz CT molecular complexity index is 690. The molecule has 4 heteroatoms. The van der Waals surface area contributed by atoms with E-state index >= 15 is 0 Å². The molecule has 1 heterocycles. The third kappa shape index (κ3) is 2.14. The second kappa shape index (κ2) is 4.82. The van der Waals surface area contributed by atoms with Crippen LogP contribution in [0.5, 0.6) is 0 Å². The molecule has 0 aromatic heterocycles. The number of cyclic esters (lactones) is 1. The Morgan fingerprint density at radius 1 is 0.952 bits per heavy atom. The molecule has 2 aromatic carbocycles. The summed E-state index contributed by atoms with van der Waals surface area (Å²) in [6, 6.07) is 17.0. The van der Waals surface area contributed by atoms with Crippen molar-refractivity contribution < 1.29 is 19.4 Å². The summed E-state index contributed by atoms with van der Waals surface area (Å²) >= 11 is 0. The van der Waals surface area contributed by atoms with Crippen LogP contribution in [0.2, 0.25) is 0 Å². The zero-order chi connectivity index (χ0) is 15.0. The largest absolute Gasteiger partial charge is 0.444 e. The predicted octanol–water partition coefficient (Wildman–Crippen LogP) is 2.06. The first kappa shape index (κ1) is 13.5. The summed E-state index contributed by atoms with van der Waals surface area (Å²) in [6.07, 6.45) is -1.69. The van der Waals surface area contributed by atoms with Crippen molar-refractivity contribution in [3.8, 4) is 11.1 Å². The average Bonchev–Trinajstić information content (AvgIpc) is 2.73. The van der Waals surface area contributed by atoms with E-state index in [1.807, 2.05) is 42.5 Å². The zero-order valence-electron chi connectivity index (χ0n) is 11.4. The Morgan fingerprint density at radius 2 is 1.52 bits per heavy atom. The van der Waals surface area contributed by atoms with Crippen LogP contribution in [0, 0.1) is 0 Å². The van der Waals surface area contributed by atoms with Crippen LogP contribution in [0.1, 0.15) is 12.5 Å². The first-order valence-electron chi connectivity index (χ1n) is 6.63. The van der Waals surface area contributed by atoms with Crippen LogP contribution in [0.25, 0.3) is 11.1 Å². The topological polar surface area (TPSA) is 63.6 Å². The standard InChI is InChI=1S/C17H14O4/c1-17(15(19)14(18)16(20)21-17)13-9-7-12(8-10-13)11-5-3-2-4-6-11/h2-10,14,18H,1H3/t14?,17-/m1/s1. The van der Waals surface area contributed by atoms with Crippen molar-refractivity contribution in [3.63, 3.8) is 0 Å². The maximum Gasteiger partial charge on any atom is 0.344 e. The molecule has 4 nitrogen and oxygen atoms in total. The fourth-order valence-corrected chi connectivity index (χ4v) is 2.49. The lowest BCUT2D eigenvalue weighted by molar-refractivity contribution is -0.153. The van der Waals surface area contributed by atoms with Crippen molar-refractivity contribution >= 4 is 11.8 Å². The molecule has 0 spiro atoms. The number of carbonyl (C=O) groups is 2. The fourth-order valence-electron chi connectivity index (χ4n) is 2.49. The molecule has 1 fully saturated rings. The van der Waals surface area contributed by atoms with Crippen molar-refractivity contribution in [1.82, 2.24) is 0 Å². The van der Waals surface area contributed by atoms with Crippen LogP contribution < -0.4 is 0 Å². The number of ketones is 1. The molecular formula is C17H14O4. The van der Waals surface area contributed by atoms with Crippen molar-refractivity contribution in [3.05, 3.63) is 60.2 Å². The molecule has 1 aliphatic heterocycles. The molecule has 0 amide bonds. The van der Waals surface area contributed by atoms with Gasteiger partial charge < -0.3 is 9.84 Å². The normalized spacial score (nSPS) is 25.0. The lowest BCUT2D eigenvalue weighted by atomic mass is 9.89. The first-order valence-corrected chi connectivity index (χ1v) is 6.63. The molecule has 3 rings (SSSR count). The number of esters is 1. The fraction of sp³-hybridized carbons (Fsp3) is 0.176. The van der Waals surface area contributed by atoms with Gasteiger partial charge in [0.1, 0.15) is 0 Å². The van der Waals surface area contributed by atoms with E-state index < -0.39 is 23.5 Å². The van der Waals surface area contributed by atoms with Crippen molar-refractivity contribution in [2.24, 2.45) is 0 Å². The molecule has 0 radical (unpaired) electrons. The number of hydrogen-bond donors (Lipinski definition) is 1. The smallest absolute Gasteiger partial charge is 0.344 e. The minimum atomic E-state index is -1.69. The minimum Gasteiger partial charge on any atom is -0.444 e. The summed E-state index contributed by atoms with van der Waals surface area (Å²) in [6.45, 7) is 1.50. The summed E-state index contributed by atoms with van der Waals surface area (Å²) < 4.78 is 5.07. The van der Waals surface area contributed by atoms with E-state index in [2.05, 4.69) is 0 Å². The van der Waals surface area contributed by atoms with Crippen LogP contribution in [0.3, 0.4) is 0 Å². The lowest BCUT2D eigenvalue weighted by Crippen LogP contribution is -2.33. The number of aliphatic hydroxyl groups is 1. The Morgan fingerprint density at radius 3 is 2.05 bits per heavy atom. The van der Waals surface area contributed by atoms with E-state index in [9.17, 15) is 14.7 Å². The Balaban J connectivity index is 1.95. The number of hydrogen-bond acceptors (Lipinski definition) is 4. The maximum atomic E-state index is 12.0.